The molecular weight excluding hydrogens is 334 g/mol. The highest BCUT2D eigenvalue weighted by molar-refractivity contribution is 5.92. The average Bonchev–Trinajstić information content (AvgIpc) is 3.36. The van der Waals surface area contributed by atoms with E-state index in [0.717, 1.165) is 11.3 Å². The van der Waals surface area contributed by atoms with Gasteiger partial charge in [0.2, 0.25) is 5.91 Å². The van der Waals surface area contributed by atoms with Crippen LogP contribution in [0.1, 0.15) is 29.0 Å². The van der Waals surface area contributed by atoms with Crippen molar-refractivity contribution in [1.82, 2.24) is 14.8 Å². The predicted molar refractivity (Wildman–Crippen MR) is 92.5 cm³/mol. The summed E-state index contributed by atoms with van der Waals surface area (Å²) < 4.78 is 10.2. The van der Waals surface area contributed by atoms with E-state index >= 15 is 0 Å². The molecule has 136 valence electrons. The number of ether oxygens (including phenoxy) is 1. The number of methoxy groups -OCH3 is 1. The summed E-state index contributed by atoms with van der Waals surface area (Å²) in [6.07, 6.45) is 2.64. The summed E-state index contributed by atoms with van der Waals surface area (Å²) in [6, 6.07) is 7.80. The number of nitrogens with zero attached hydrogens (tertiary/aromatic N) is 3. The molecule has 0 bridgehead atoms. The number of oxazole rings is 1. The average molecular weight is 355 g/mol. The molecule has 2 aliphatic rings. The standard InChI is InChI=1S/C19H21N3O4/c1-12(23)22-8-14-7-21(19(24)17-10-26-11-20-17)9-16(14)18(22)13-3-5-15(25-2)6-4-13/h3-6,10-11,14,16,18H,7-9H2,1-2H3/t14-,16-,18+/m1/s1. The highest BCUT2D eigenvalue weighted by Crippen LogP contribution is 2.45. The molecule has 0 radical (unpaired) electrons. The smallest absolute Gasteiger partial charge is 0.275 e. The number of amides is 2. The summed E-state index contributed by atoms with van der Waals surface area (Å²) in [5.74, 6) is 1.21. The molecule has 0 spiro atoms. The molecule has 1 aromatic heterocycles. The van der Waals surface area contributed by atoms with Gasteiger partial charge in [-0.1, -0.05) is 12.1 Å². The van der Waals surface area contributed by atoms with Crippen LogP contribution < -0.4 is 4.74 Å². The van der Waals surface area contributed by atoms with Crippen molar-refractivity contribution in [2.24, 2.45) is 11.8 Å². The van der Waals surface area contributed by atoms with E-state index in [-0.39, 0.29) is 29.7 Å². The molecule has 0 unspecified atom stereocenters. The lowest BCUT2D eigenvalue weighted by Gasteiger charge is -2.29. The Morgan fingerprint density at radius 3 is 2.58 bits per heavy atom. The van der Waals surface area contributed by atoms with E-state index in [1.165, 1.54) is 12.7 Å². The summed E-state index contributed by atoms with van der Waals surface area (Å²) >= 11 is 0. The number of carbonyl (C=O) groups excluding carboxylic acids is 2. The third-order valence-electron chi connectivity index (χ3n) is 5.46. The molecule has 3 heterocycles. The van der Waals surface area contributed by atoms with Crippen LogP contribution in [-0.4, -0.2) is 53.3 Å². The van der Waals surface area contributed by atoms with Crippen molar-refractivity contribution in [2.75, 3.05) is 26.7 Å². The second-order valence-corrected chi connectivity index (χ2v) is 6.90. The number of benzene rings is 1. The third kappa shape index (κ3) is 2.73. The van der Waals surface area contributed by atoms with Gasteiger partial charge in [0.05, 0.1) is 13.2 Å². The van der Waals surface area contributed by atoms with Gasteiger partial charge in [0.15, 0.2) is 12.1 Å². The lowest BCUT2D eigenvalue weighted by Crippen LogP contribution is -2.36. The molecule has 26 heavy (non-hydrogen) atoms. The number of fused-ring (bicyclic) bond motifs is 1. The van der Waals surface area contributed by atoms with Gasteiger partial charge in [-0.2, -0.15) is 0 Å². The summed E-state index contributed by atoms with van der Waals surface area (Å²) in [4.78, 5) is 32.5. The molecule has 2 aromatic rings. The normalized spacial score (nSPS) is 24.6. The topological polar surface area (TPSA) is 75.9 Å². The molecule has 0 saturated carbocycles. The van der Waals surface area contributed by atoms with Crippen LogP contribution in [0.15, 0.2) is 41.3 Å². The molecule has 0 aliphatic carbocycles. The van der Waals surface area contributed by atoms with Gasteiger partial charge in [-0.3, -0.25) is 9.59 Å². The Balaban J connectivity index is 1.59. The monoisotopic (exact) mass is 355 g/mol. The molecule has 3 atom stereocenters. The lowest BCUT2D eigenvalue weighted by atomic mass is 9.89. The molecular formula is C19H21N3O4. The van der Waals surface area contributed by atoms with Gasteiger partial charge in [-0.05, 0) is 17.7 Å². The fourth-order valence-corrected chi connectivity index (χ4v) is 4.24. The van der Waals surface area contributed by atoms with Crippen molar-refractivity contribution in [3.05, 3.63) is 48.2 Å². The first-order chi connectivity index (χ1) is 12.6. The van der Waals surface area contributed by atoms with Gasteiger partial charge in [0, 0.05) is 38.4 Å². The predicted octanol–water partition coefficient (Wildman–Crippen LogP) is 1.97. The van der Waals surface area contributed by atoms with Gasteiger partial charge in [0.25, 0.3) is 5.91 Å². The van der Waals surface area contributed by atoms with Gasteiger partial charge in [-0.15, -0.1) is 0 Å². The molecule has 4 rings (SSSR count). The minimum Gasteiger partial charge on any atom is -0.497 e. The highest BCUT2D eigenvalue weighted by Gasteiger charge is 2.49. The summed E-state index contributed by atoms with van der Waals surface area (Å²) in [5.41, 5.74) is 1.40. The molecule has 1 aromatic carbocycles. The van der Waals surface area contributed by atoms with Crippen LogP contribution in [0.5, 0.6) is 5.75 Å². The third-order valence-corrected chi connectivity index (χ3v) is 5.46. The number of hydrogen-bond acceptors (Lipinski definition) is 5. The van der Waals surface area contributed by atoms with E-state index in [1.54, 1.807) is 14.0 Å². The second-order valence-electron chi connectivity index (χ2n) is 6.90. The van der Waals surface area contributed by atoms with E-state index in [9.17, 15) is 9.59 Å². The van der Waals surface area contributed by atoms with Crippen molar-refractivity contribution in [2.45, 2.75) is 13.0 Å². The molecule has 2 saturated heterocycles. The molecule has 7 heteroatoms. The number of carbonyl (C=O) groups is 2. The first-order valence-corrected chi connectivity index (χ1v) is 8.67. The van der Waals surface area contributed by atoms with Crippen LogP contribution in [-0.2, 0) is 4.79 Å². The lowest BCUT2D eigenvalue weighted by molar-refractivity contribution is -0.130. The maximum absolute atomic E-state index is 12.6. The SMILES string of the molecule is COc1ccc([C@H]2[C@@H]3CN(C(=O)c4cocn4)C[C@@H]3CN2C(C)=O)cc1. The Bertz CT molecular complexity index is 803. The fraction of sp³-hybridized carbons (Fsp3) is 0.421. The summed E-state index contributed by atoms with van der Waals surface area (Å²) in [6.45, 7) is 3.51. The van der Waals surface area contributed by atoms with Crippen LogP contribution in [0.3, 0.4) is 0 Å². The molecule has 0 N–H and O–H groups in total. The summed E-state index contributed by atoms with van der Waals surface area (Å²) in [7, 11) is 1.63. The zero-order valence-electron chi connectivity index (χ0n) is 14.8. The van der Waals surface area contributed by atoms with Crippen LogP contribution in [0.25, 0.3) is 0 Å². The Labute approximate surface area is 151 Å². The minimum absolute atomic E-state index is 0.0292. The van der Waals surface area contributed by atoms with E-state index < -0.39 is 0 Å². The minimum atomic E-state index is -0.115. The first kappa shape index (κ1) is 16.6. The largest absolute Gasteiger partial charge is 0.497 e. The fourth-order valence-electron chi connectivity index (χ4n) is 4.24. The maximum atomic E-state index is 12.6. The van der Waals surface area contributed by atoms with E-state index in [0.29, 0.717) is 25.3 Å². The van der Waals surface area contributed by atoms with Crippen molar-refractivity contribution in [3.8, 4) is 5.75 Å². The number of aromatic nitrogens is 1. The van der Waals surface area contributed by atoms with Crippen LogP contribution in [0.4, 0.5) is 0 Å². The van der Waals surface area contributed by atoms with Gasteiger partial charge < -0.3 is 19.0 Å². The summed E-state index contributed by atoms with van der Waals surface area (Å²) in [5, 5.41) is 0. The van der Waals surface area contributed by atoms with E-state index in [1.807, 2.05) is 34.1 Å². The first-order valence-electron chi connectivity index (χ1n) is 8.67. The maximum Gasteiger partial charge on any atom is 0.275 e. The number of rotatable bonds is 3. The Morgan fingerprint density at radius 2 is 1.96 bits per heavy atom. The van der Waals surface area contributed by atoms with Gasteiger partial charge >= 0.3 is 0 Å². The molecule has 7 nitrogen and oxygen atoms in total. The molecule has 2 fully saturated rings. The van der Waals surface area contributed by atoms with Gasteiger partial charge in [0.1, 0.15) is 12.0 Å². The molecule has 2 aliphatic heterocycles. The van der Waals surface area contributed by atoms with Crippen molar-refractivity contribution in [3.63, 3.8) is 0 Å². The Hall–Kier alpha value is -2.83. The van der Waals surface area contributed by atoms with Gasteiger partial charge in [-0.25, -0.2) is 4.98 Å². The van der Waals surface area contributed by atoms with Crippen LogP contribution in [0, 0.1) is 11.8 Å². The Kier molecular flexibility index (Phi) is 4.14. The number of hydrogen-bond donors (Lipinski definition) is 0. The second kappa shape index (κ2) is 6.48. The Morgan fingerprint density at radius 1 is 1.19 bits per heavy atom. The molecule has 2 amide bonds. The van der Waals surface area contributed by atoms with Crippen molar-refractivity contribution in [1.29, 1.82) is 0 Å². The van der Waals surface area contributed by atoms with Crippen LogP contribution in [0.2, 0.25) is 0 Å². The van der Waals surface area contributed by atoms with E-state index in [4.69, 9.17) is 9.15 Å². The van der Waals surface area contributed by atoms with E-state index in [2.05, 4.69) is 4.98 Å². The quantitative estimate of drug-likeness (QED) is 0.841. The number of likely N-dealkylation sites (tertiary alicyclic amines) is 2. The van der Waals surface area contributed by atoms with Crippen LogP contribution >= 0.6 is 0 Å². The zero-order chi connectivity index (χ0) is 18.3. The highest BCUT2D eigenvalue weighted by atomic mass is 16.5. The zero-order valence-corrected chi connectivity index (χ0v) is 14.8. The van der Waals surface area contributed by atoms with Crippen molar-refractivity contribution >= 4 is 11.8 Å². The van der Waals surface area contributed by atoms with Crippen molar-refractivity contribution < 1.29 is 18.7 Å².